The Labute approximate surface area is 148 Å². The van der Waals surface area contributed by atoms with Gasteiger partial charge >= 0.3 is 0 Å². The minimum Gasteiger partial charge on any atom is -0.496 e. The fourth-order valence-corrected chi connectivity index (χ4v) is 2.84. The zero-order valence-electron chi connectivity index (χ0n) is 14.4. The third-order valence-corrected chi connectivity index (χ3v) is 4.93. The van der Waals surface area contributed by atoms with Crippen molar-refractivity contribution < 1.29 is 17.9 Å². The Kier molecular flexibility index (Phi) is 5.98. The summed E-state index contributed by atoms with van der Waals surface area (Å²) in [6.07, 6.45) is 3.18. The molecule has 2 rings (SSSR count). The SMILES string of the molecule is CCS(=O)(=O)Nc1ccc(C(=O)C=Cc2cc(C)ccc2OC)cc1. The first-order valence-electron chi connectivity index (χ1n) is 7.82. The van der Waals surface area contributed by atoms with Gasteiger partial charge in [-0.05, 0) is 62.4 Å². The second kappa shape index (κ2) is 7.98. The van der Waals surface area contributed by atoms with Crippen LogP contribution in [0.25, 0.3) is 6.08 Å². The van der Waals surface area contributed by atoms with Crippen LogP contribution < -0.4 is 9.46 Å². The number of aryl methyl sites for hydroxylation is 1. The fraction of sp³-hybridized carbons (Fsp3) is 0.211. The molecule has 0 radical (unpaired) electrons. The van der Waals surface area contributed by atoms with Crippen molar-refractivity contribution in [2.75, 3.05) is 17.6 Å². The van der Waals surface area contributed by atoms with Gasteiger partial charge in [0.25, 0.3) is 0 Å². The van der Waals surface area contributed by atoms with Crippen LogP contribution in [0.2, 0.25) is 0 Å². The first-order chi connectivity index (χ1) is 11.8. The molecule has 0 fully saturated rings. The topological polar surface area (TPSA) is 72.5 Å². The summed E-state index contributed by atoms with van der Waals surface area (Å²) >= 11 is 0. The number of carbonyl (C=O) groups excluding carboxylic acids is 1. The van der Waals surface area contributed by atoms with Crippen LogP contribution >= 0.6 is 0 Å². The molecule has 0 atom stereocenters. The number of ketones is 1. The Hall–Kier alpha value is -2.60. The minimum absolute atomic E-state index is 0.00521. The standard InChI is InChI=1S/C19H21NO4S/c1-4-25(22,23)20-17-9-6-15(7-10-17)18(21)11-8-16-13-14(2)5-12-19(16)24-3/h5-13,20H,4H2,1-3H3. The van der Waals surface area contributed by atoms with E-state index in [9.17, 15) is 13.2 Å². The van der Waals surface area contributed by atoms with Gasteiger partial charge in [-0.25, -0.2) is 8.42 Å². The molecule has 6 heteroatoms. The van der Waals surface area contributed by atoms with Gasteiger partial charge in [0, 0.05) is 16.8 Å². The van der Waals surface area contributed by atoms with Crippen LogP contribution in [-0.4, -0.2) is 27.1 Å². The van der Waals surface area contributed by atoms with Crippen molar-refractivity contribution in [3.8, 4) is 5.75 Å². The summed E-state index contributed by atoms with van der Waals surface area (Å²) in [5.41, 5.74) is 2.80. The fourth-order valence-electron chi connectivity index (χ4n) is 2.20. The van der Waals surface area contributed by atoms with Crippen LogP contribution in [-0.2, 0) is 10.0 Å². The van der Waals surface area contributed by atoms with Gasteiger partial charge in [0.1, 0.15) is 5.75 Å². The van der Waals surface area contributed by atoms with Crippen LogP contribution in [0.5, 0.6) is 5.75 Å². The molecule has 1 N–H and O–H groups in total. The van der Waals surface area contributed by atoms with Crippen LogP contribution in [0.1, 0.15) is 28.4 Å². The lowest BCUT2D eigenvalue weighted by Gasteiger charge is -2.06. The van der Waals surface area contributed by atoms with E-state index in [1.54, 1.807) is 44.4 Å². The normalized spacial score (nSPS) is 11.5. The van der Waals surface area contributed by atoms with Gasteiger partial charge < -0.3 is 4.74 Å². The maximum atomic E-state index is 12.3. The number of methoxy groups -OCH3 is 1. The largest absolute Gasteiger partial charge is 0.496 e. The summed E-state index contributed by atoms with van der Waals surface area (Å²) in [6, 6.07) is 12.1. The number of allylic oxidation sites excluding steroid dienone is 1. The average Bonchev–Trinajstić information content (AvgIpc) is 2.60. The molecular formula is C19H21NO4S. The van der Waals surface area contributed by atoms with E-state index in [2.05, 4.69) is 4.72 Å². The van der Waals surface area contributed by atoms with E-state index >= 15 is 0 Å². The highest BCUT2D eigenvalue weighted by Gasteiger charge is 2.08. The molecule has 0 amide bonds. The van der Waals surface area contributed by atoms with Gasteiger partial charge in [-0.1, -0.05) is 11.6 Å². The van der Waals surface area contributed by atoms with Crippen molar-refractivity contribution in [3.63, 3.8) is 0 Å². The molecule has 0 aliphatic heterocycles. The maximum absolute atomic E-state index is 12.3. The van der Waals surface area contributed by atoms with E-state index in [0.29, 0.717) is 17.0 Å². The molecule has 5 nitrogen and oxygen atoms in total. The number of ether oxygens (including phenoxy) is 1. The quantitative estimate of drug-likeness (QED) is 0.605. The highest BCUT2D eigenvalue weighted by molar-refractivity contribution is 7.92. The third-order valence-electron chi connectivity index (χ3n) is 3.62. The summed E-state index contributed by atoms with van der Waals surface area (Å²) in [4.78, 5) is 12.3. The molecule has 0 aliphatic rings. The summed E-state index contributed by atoms with van der Waals surface area (Å²) in [6.45, 7) is 3.53. The second-order valence-corrected chi connectivity index (χ2v) is 7.54. The maximum Gasteiger partial charge on any atom is 0.232 e. The van der Waals surface area contributed by atoms with Gasteiger partial charge in [0.15, 0.2) is 5.78 Å². The van der Waals surface area contributed by atoms with Gasteiger partial charge in [0.2, 0.25) is 10.0 Å². The number of hydrogen-bond acceptors (Lipinski definition) is 4. The lowest BCUT2D eigenvalue weighted by atomic mass is 10.1. The number of rotatable bonds is 7. The molecule has 0 saturated heterocycles. The second-order valence-electron chi connectivity index (χ2n) is 5.53. The molecule has 0 unspecified atom stereocenters. The highest BCUT2D eigenvalue weighted by atomic mass is 32.2. The van der Waals surface area contributed by atoms with Crippen LogP contribution in [0, 0.1) is 6.92 Å². The number of anilines is 1. The number of carbonyl (C=O) groups is 1. The first-order valence-corrected chi connectivity index (χ1v) is 9.47. The monoisotopic (exact) mass is 359 g/mol. The average molecular weight is 359 g/mol. The van der Waals surface area contributed by atoms with E-state index in [1.807, 2.05) is 25.1 Å². The zero-order valence-corrected chi connectivity index (χ0v) is 15.3. The van der Waals surface area contributed by atoms with Crippen LogP contribution in [0.3, 0.4) is 0 Å². The number of benzene rings is 2. The molecule has 0 spiro atoms. The van der Waals surface area contributed by atoms with Crippen molar-refractivity contribution in [2.45, 2.75) is 13.8 Å². The Morgan fingerprint density at radius 3 is 2.44 bits per heavy atom. The smallest absolute Gasteiger partial charge is 0.232 e. The van der Waals surface area contributed by atoms with Gasteiger partial charge in [-0.2, -0.15) is 0 Å². The predicted octanol–water partition coefficient (Wildman–Crippen LogP) is 3.66. The Bertz CT molecular complexity index is 884. The molecule has 2 aromatic carbocycles. The predicted molar refractivity (Wildman–Crippen MR) is 101 cm³/mol. The van der Waals surface area contributed by atoms with Crippen molar-refractivity contribution in [1.29, 1.82) is 0 Å². The molecule has 0 aliphatic carbocycles. The van der Waals surface area contributed by atoms with E-state index < -0.39 is 10.0 Å². The van der Waals surface area contributed by atoms with Gasteiger partial charge in [-0.3, -0.25) is 9.52 Å². The van der Waals surface area contributed by atoms with E-state index in [1.165, 1.54) is 6.08 Å². The lowest BCUT2D eigenvalue weighted by Crippen LogP contribution is -2.14. The Balaban J connectivity index is 2.15. The van der Waals surface area contributed by atoms with Gasteiger partial charge in [-0.15, -0.1) is 0 Å². The highest BCUT2D eigenvalue weighted by Crippen LogP contribution is 2.21. The zero-order chi connectivity index (χ0) is 18.4. The van der Waals surface area contributed by atoms with Crippen molar-refractivity contribution in [1.82, 2.24) is 0 Å². The number of nitrogens with one attached hydrogen (secondary N) is 1. The molecule has 0 bridgehead atoms. The Morgan fingerprint density at radius 2 is 1.84 bits per heavy atom. The number of sulfonamides is 1. The molecule has 132 valence electrons. The summed E-state index contributed by atoms with van der Waals surface area (Å²) < 4.78 is 30.8. The molecule has 25 heavy (non-hydrogen) atoms. The summed E-state index contributed by atoms with van der Waals surface area (Å²) in [7, 11) is -1.74. The Morgan fingerprint density at radius 1 is 1.16 bits per heavy atom. The first kappa shape index (κ1) is 18.7. The van der Waals surface area contributed by atoms with E-state index in [0.717, 1.165) is 11.1 Å². The summed E-state index contributed by atoms with van der Waals surface area (Å²) in [5, 5.41) is 0. The number of hydrogen-bond donors (Lipinski definition) is 1. The van der Waals surface area contributed by atoms with Crippen molar-refractivity contribution >= 4 is 27.6 Å². The molecule has 2 aromatic rings. The third kappa shape index (κ3) is 5.19. The van der Waals surface area contributed by atoms with Crippen LogP contribution in [0.15, 0.2) is 48.5 Å². The molecule has 0 saturated carbocycles. The lowest BCUT2D eigenvalue weighted by molar-refractivity contribution is 0.104. The van der Waals surface area contributed by atoms with Crippen molar-refractivity contribution in [2.24, 2.45) is 0 Å². The van der Waals surface area contributed by atoms with E-state index in [-0.39, 0.29) is 11.5 Å². The van der Waals surface area contributed by atoms with Crippen LogP contribution in [0.4, 0.5) is 5.69 Å². The molecule has 0 heterocycles. The van der Waals surface area contributed by atoms with Crippen molar-refractivity contribution in [3.05, 3.63) is 65.2 Å². The minimum atomic E-state index is -3.33. The molecule has 0 aromatic heterocycles. The molecular weight excluding hydrogens is 338 g/mol. The van der Waals surface area contributed by atoms with E-state index in [4.69, 9.17) is 4.74 Å². The van der Waals surface area contributed by atoms with Gasteiger partial charge in [0.05, 0.1) is 12.9 Å². The summed E-state index contributed by atoms with van der Waals surface area (Å²) in [5.74, 6) is 0.516.